The summed E-state index contributed by atoms with van der Waals surface area (Å²) in [5.41, 5.74) is 0.903. The molecule has 0 saturated heterocycles. The van der Waals surface area contributed by atoms with Gasteiger partial charge in [-0.2, -0.15) is 0 Å². The second kappa shape index (κ2) is 8.83. The van der Waals surface area contributed by atoms with Crippen LogP contribution in [0.2, 0.25) is 0 Å². The lowest BCUT2D eigenvalue weighted by Gasteiger charge is -2.12. The molecule has 0 aliphatic rings. The van der Waals surface area contributed by atoms with Crippen LogP contribution in [0.15, 0.2) is 71.6 Å². The predicted molar refractivity (Wildman–Crippen MR) is 120 cm³/mol. The van der Waals surface area contributed by atoms with Gasteiger partial charge in [0.05, 0.1) is 23.0 Å². The minimum Gasteiger partial charge on any atom is -0.497 e. The molecule has 10 heteroatoms. The Kier molecular flexibility index (Phi) is 5.93. The van der Waals surface area contributed by atoms with Gasteiger partial charge in [0.2, 0.25) is 0 Å². The Hall–Kier alpha value is -4.05. The Balaban J connectivity index is 1.74. The summed E-state index contributed by atoms with van der Waals surface area (Å²) in [6.07, 6.45) is 1.07. The van der Waals surface area contributed by atoms with Crippen LogP contribution in [0.5, 0.6) is 17.4 Å². The maximum Gasteiger partial charge on any atom is 0.279 e. The largest absolute Gasteiger partial charge is 0.497 e. The van der Waals surface area contributed by atoms with E-state index in [4.69, 9.17) is 9.47 Å². The number of nitrogens with zero attached hydrogens (tertiary/aromatic N) is 2. The molecule has 0 aliphatic heterocycles. The normalized spacial score (nSPS) is 11.2. The lowest BCUT2D eigenvalue weighted by molar-refractivity contribution is 0.101. The number of hydrogen-bond acceptors (Lipinski definition) is 7. The highest BCUT2D eigenvalue weighted by molar-refractivity contribution is 7.90. The Bertz CT molecular complexity index is 1470. The Labute approximate surface area is 188 Å². The van der Waals surface area contributed by atoms with Crippen molar-refractivity contribution in [3.05, 3.63) is 78.2 Å². The van der Waals surface area contributed by atoms with Gasteiger partial charge in [-0.05, 0) is 42.5 Å². The molecule has 8 nitrogen and oxygen atoms in total. The molecule has 0 fully saturated rings. The molecule has 168 valence electrons. The van der Waals surface area contributed by atoms with E-state index in [0.717, 1.165) is 12.3 Å². The van der Waals surface area contributed by atoms with Crippen molar-refractivity contribution in [2.24, 2.45) is 0 Å². The number of carbonyl (C=O) groups is 1. The highest BCUT2D eigenvalue weighted by atomic mass is 32.2. The van der Waals surface area contributed by atoms with Gasteiger partial charge < -0.3 is 14.8 Å². The number of hydrogen-bond donors (Lipinski definition) is 1. The number of para-hydroxylation sites is 2. The van der Waals surface area contributed by atoms with E-state index in [-0.39, 0.29) is 27.9 Å². The van der Waals surface area contributed by atoms with Gasteiger partial charge in [0, 0.05) is 18.0 Å². The molecule has 4 rings (SSSR count). The van der Waals surface area contributed by atoms with Gasteiger partial charge in [-0.3, -0.25) is 4.79 Å². The van der Waals surface area contributed by atoms with Gasteiger partial charge in [-0.15, -0.1) is 0 Å². The summed E-state index contributed by atoms with van der Waals surface area (Å²) >= 11 is 0. The lowest BCUT2D eigenvalue weighted by atomic mass is 10.2. The third-order valence-electron chi connectivity index (χ3n) is 4.62. The molecule has 3 aromatic carbocycles. The van der Waals surface area contributed by atoms with Gasteiger partial charge in [0.25, 0.3) is 11.8 Å². The molecule has 0 atom stereocenters. The van der Waals surface area contributed by atoms with Crippen molar-refractivity contribution in [1.82, 2.24) is 9.97 Å². The molecular formula is C23H18FN3O5S. The van der Waals surface area contributed by atoms with Crippen molar-refractivity contribution in [2.45, 2.75) is 4.90 Å². The average Bonchev–Trinajstić information content (AvgIpc) is 2.79. The van der Waals surface area contributed by atoms with Crippen molar-refractivity contribution in [3.8, 4) is 17.4 Å². The van der Waals surface area contributed by atoms with Crippen molar-refractivity contribution in [1.29, 1.82) is 0 Å². The number of rotatable bonds is 6. The van der Waals surface area contributed by atoms with Crippen LogP contribution >= 0.6 is 0 Å². The number of nitrogens with one attached hydrogen (secondary N) is 1. The van der Waals surface area contributed by atoms with Crippen LogP contribution in [-0.4, -0.2) is 37.7 Å². The molecule has 0 saturated carbocycles. The van der Waals surface area contributed by atoms with Crippen LogP contribution in [-0.2, 0) is 9.84 Å². The Morgan fingerprint density at radius 1 is 0.970 bits per heavy atom. The number of sulfone groups is 1. The van der Waals surface area contributed by atoms with Crippen molar-refractivity contribution in [3.63, 3.8) is 0 Å². The van der Waals surface area contributed by atoms with Crippen LogP contribution in [0.4, 0.5) is 10.1 Å². The van der Waals surface area contributed by atoms with Crippen LogP contribution in [0, 0.1) is 5.82 Å². The smallest absolute Gasteiger partial charge is 0.279 e. The topological polar surface area (TPSA) is 107 Å². The third-order valence-corrected chi connectivity index (χ3v) is 5.73. The van der Waals surface area contributed by atoms with Crippen LogP contribution in [0.1, 0.15) is 10.5 Å². The number of carbonyl (C=O) groups excluding carboxylic acids is 1. The summed E-state index contributed by atoms with van der Waals surface area (Å²) in [6.45, 7) is 0. The zero-order valence-electron chi connectivity index (χ0n) is 17.6. The van der Waals surface area contributed by atoms with Crippen molar-refractivity contribution < 1.29 is 27.1 Å². The fraction of sp³-hybridized carbons (Fsp3) is 0.0870. The Morgan fingerprint density at radius 2 is 1.70 bits per heavy atom. The van der Waals surface area contributed by atoms with Gasteiger partial charge in [0.15, 0.2) is 27.1 Å². The summed E-state index contributed by atoms with van der Waals surface area (Å²) in [7, 11) is -2.06. The van der Waals surface area contributed by atoms with Crippen LogP contribution < -0.4 is 14.8 Å². The number of halogens is 1. The number of ether oxygens (including phenoxy) is 2. The van der Waals surface area contributed by atoms with E-state index in [1.54, 1.807) is 24.3 Å². The number of fused-ring (bicyclic) bond motifs is 1. The number of aromatic nitrogens is 2. The van der Waals surface area contributed by atoms with Gasteiger partial charge in [-0.1, -0.05) is 18.2 Å². The molecule has 33 heavy (non-hydrogen) atoms. The minimum absolute atomic E-state index is 0.0432. The van der Waals surface area contributed by atoms with E-state index in [9.17, 15) is 17.6 Å². The highest BCUT2D eigenvalue weighted by Gasteiger charge is 2.21. The van der Waals surface area contributed by atoms with Gasteiger partial charge in [0.1, 0.15) is 5.75 Å². The molecule has 1 aromatic heterocycles. The molecule has 4 aromatic rings. The number of anilines is 1. The fourth-order valence-electron chi connectivity index (χ4n) is 2.99. The SMILES string of the molecule is COc1ccc(Oc2nc3ccccc3nc2C(=O)Nc2cccc(S(C)(=O)=O)c2)c(F)c1. The second-order valence-corrected chi connectivity index (χ2v) is 9.03. The number of benzene rings is 3. The molecule has 0 unspecified atom stereocenters. The number of methoxy groups -OCH3 is 1. The minimum atomic E-state index is -3.47. The van der Waals surface area contributed by atoms with E-state index >= 15 is 0 Å². The predicted octanol–water partition coefficient (Wildman–Crippen LogP) is 4.23. The zero-order valence-corrected chi connectivity index (χ0v) is 18.4. The molecule has 1 amide bonds. The Morgan fingerprint density at radius 3 is 2.36 bits per heavy atom. The molecule has 1 heterocycles. The molecule has 1 N–H and O–H groups in total. The third kappa shape index (κ3) is 4.90. The molecule has 0 aliphatic carbocycles. The summed E-state index contributed by atoms with van der Waals surface area (Å²) in [4.78, 5) is 21.8. The van der Waals surface area contributed by atoms with E-state index < -0.39 is 21.6 Å². The molecular weight excluding hydrogens is 449 g/mol. The molecule has 0 radical (unpaired) electrons. The maximum atomic E-state index is 14.5. The fourth-order valence-corrected chi connectivity index (χ4v) is 3.66. The van der Waals surface area contributed by atoms with E-state index in [1.165, 1.54) is 43.5 Å². The van der Waals surface area contributed by atoms with Crippen molar-refractivity contribution >= 4 is 32.5 Å². The summed E-state index contributed by atoms with van der Waals surface area (Å²) in [5.74, 6) is -1.50. The van der Waals surface area contributed by atoms with Crippen LogP contribution in [0.25, 0.3) is 11.0 Å². The quantitative estimate of drug-likeness (QED) is 0.452. The van der Waals surface area contributed by atoms with E-state index in [0.29, 0.717) is 16.8 Å². The summed E-state index contributed by atoms with van der Waals surface area (Å²) < 4.78 is 48.7. The molecule has 0 spiro atoms. The van der Waals surface area contributed by atoms with E-state index in [2.05, 4.69) is 15.3 Å². The standard InChI is InChI=1S/C23H18FN3O5S/c1-31-15-10-11-20(17(24)13-15)32-23-21(26-18-8-3-4-9-19(18)27-23)22(28)25-14-6-5-7-16(12-14)33(2,29)30/h3-13H,1-2H3,(H,25,28). The van der Waals surface area contributed by atoms with Crippen molar-refractivity contribution in [2.75, 3.05) is 18.7 Å². The summed E-state index contributed by atoms with van der Waals surface area (Å²) in [5, 5.41) is 2.59. The van der Waals surface area contributed by atoms with E-state index in [1.807, 2.05) is 0 Å². The highest BCUT2D eigenvalue weighted by Crippen LogP contribution is 2.30. The first kappa shape index (κ1) is 22.2. The monoisotopic (exact) mass is 467 g/mol. The average molecular weight is 467 g/mol. The number of amides is 1. The first-order valence-corrected chi connectivity index (χ1v) is 11.5. The van der Waals surface area contributed by atoms with Gasteiger partial charge >= 0.3 is 0 Å². The zero-order chi connectivity index (χ0) is 23.6. The maximum absolute atomic E-state index is 14.5. The van der Waals surface area contributed by atoms with Crippen LogP contribution in [0.3, 0.4) is 0 Å². The molecule has 0 bridgehead atoms. The lowest BCUT2D eigenvalue weighted by Crippen LogP contribution is -2.16. The van der Waals surface area contributed by atoms with Gasteiger partial charge in [-0.25, -0.2) is 22.8 Å². The first-order chi connectivity index (χ1) is 15.7. The first-order valence-electron chi connectivity index (χ1n) is 9.64. The second-order valence-electron chi connectivity index (χ2n) is 7.02. The summed E-state index contributed by atoms with van der Waals surface area (Å²) in [6, 6.07) is 16.6.